The molecule has 1 fully saturated rings. The van der Waals surface area contributed by atoms with Crippen molar-refractivity contribution in [3.05, 3.63) is 15.9 Å². The van der Waals surface area contributed by atoms with E-state index in [1.807, 2.05) is 0 Å². The summed E-state index contributed by atoms with van der Waals surface area (Å²) in [4.78, 5) is 0. The van der Waals surface area contributed by atoms with Gasteiger partial charge in [0.05, 0.1) is 0 Å². The second kappa shape index (κ2) is 5.58. The Labute approximate surface area is 120 Å². The van der Waals surface area contributed by atoms with Crippen LogP contribution in [0.5, 0.6) is 0 Å². The van der Waals surface area contributed by atoms with Crippen molar-refractivity contribution in [1.29, 1.82) is 0 Å². The number of piperidine rings is 1. The van der Waals surface area contributed by atoms with E-state index in [9.17, 15) is 8.42 Å². The minimum Gasteiger partial charge on any atom is -0.329 e. The monoisotopic (exact) mass is 352 g/mol. The van der Waals surface area contributed by atoms with E-state index in [1.54, 1.807) is 15.8 Å². The van der Waals surface area contributed by atoms with Crippen molar-refractivity contribution in [1.82, 2.24) is 4.31 Å². The van der Waals surface area contributed by atoms with Crippen molar-refractivity contribution in [2.45, 2.75) is 30.0 Å². The molecule has 0 spiro atoms. The fourth-order valence-corrected chi connectivity index (χ4v) is 6.42. The standard InChI is InChI=1S/C11H17BrN2O2S2/c1-8-2-4-14(9(6-8)7-13)18(15,16)11-10(12)3-5-17-11/h3,5,8-9H,2,4,6-7,13H2,1H3. The molecule has 4 nitrogen and oxygen atoms in total. The Morgan fingerprint density at radius 3 is 2.89 bits per heavy atom. The molecule has 18 heavy (non-hydrogen) atoms. The molecule has 2 heterocycles. The molecule has 1 saturated heterocycles. The molecule has 0 aliphatic carbocycles. The third-order valence-corrected chi connectivity index (χ3v) is 7.92. The highest BCUT2D eigenvalue weighted by Gasteiger charge is 2.36. The lowest BCUT2D eigenvalue weighted by atomic mass is 9.94. The first-order chi connectivity index (χ1) is 8.46. The zero-order valence-corrected chi connectivity index (χ0v) is 13.4. The summed E-state index contributed by atoms with van der Waals surface area (Å²) in [5, 5.41) is 1.78. The van der Waals surface area contributed by atoms with Crippen molar-refractivity contribution < 1.29 is 8.42 Å². The lowest BCUT2D eigenvalue weighted by Crippen LogP contribution is -2.48. The maximum Gasteiger partial charge on any atom is 0.253 e. The number of hydrogen-bond donors (Lipinski definition) is 1. The Morgan fingerprint density at radius 1 is 1.61 bits per heavy atom. The highest BCUT2D eigenvalue weighted by molar-refractivity contribution is 9.10. The van der Waals surface area contributed by atoms with Gasteiger partial charge in [-0.15, -0.1) is 11.3 Å². The number of sulfonamides is 1. The van der Waals surface area contributed by atoms with Crippen molar-refractivity contribution in [2.75, 3.05) is 13.1 Å². The van der Waals surface area contributed by atoms with Gasteiger partial charge in [0, 0.05) is 23.6 Å². The van der Waals surface area contributed by atoms with E-state index < -0.39 is 10.0 Å². The molecule has 1 aromatic rings. The van der Waals surface area contributed by atoms with Crippen LogP contribution in [0, 0.1) is 5.92 Å². The van der Waals surface area contributed by atoms with Gasteiger partial charge in [-0.2, -0.15) is 4.31 Å². The van der Waals surface area contributed by atoms with Gasteiger partial charge in [0.15, 0.2) is 0 Å². The van der Waals surface area contributed by atoms with Crippen LogP contribution in [0.3, 0.4) is 0 Å². The molecule has 2 atom stereocenters. The number of thiophene rings is 1. The highest BCUT2D eigenvalue weighted by Crippen LogP contribution is 2.34. The first kappa shape index (κ1) is 14.5. The van der Waals surface area contributed by atoms with Gasteiger partial charge < -0.3 is 5.73 Å². The molecule has 7 heteroatoms. The summed E-state index contributed by atoms with van der Waals surface area (Å²) >= 11 is 4.54. The molecule has 0 saturated carbocycles. The van der Waals surface area contributed by atoms with E-state index >= 15 is 0 Å². The van der Waals surface area contributed by atoms with Crippen LogP contribution in [-0.2, 0) is 10.0 Å². The van der Waals surface area contributed by atoms with E-state index in [2.05, 4.69) is 22.9 Å². The minimum atomic E-state index is -3.41. The molecule has 1 aliphatic heterocycles. The second-order valence-electron chi connectivity index (χ2n) is 4.69. The van der Waals surface area contributed by atoms with Crippen LogP contribution >= 0.6 is 27.3 Å². The van der Waals surface area contributed by atoms with Gasteiger partial charge in [-0.05, 0) is 46.1 Å². The van der Waals surface area contributed by atoms with E-state index in [0.717, 1.165) is 12.8 Å². The summed E-state index contributed by atoms with van der Waals surface area (Å²) < 4.78 is 27.8. The van der Waals surface area contributed by atoms with Gasteiger partial charge >= 0.3 is 0 Å². The topological polar surface area (TPSA) is 63.4 Å². The van der Waals surface area contributed by atoms with E-state index in [-0.39, 0.29) is 6.04 Å². The quantitative estimate of drug-likeness (QED) is 0.907. The van der Waals surface area contributed by atoms with Crippen molar-refractivity contribution in [2.24, 2.45) is 11.7 Å². The Balaban J connectivity index is 2.32. The van der Waals surface area contributed by atoms with Crippen molar-refractivity contribution in [3.63, 3.8) is 0 Å². The maximum atomic E-state index is 12.6. The van der Waals surface area contributed by atoms with Crippen LogP contribution in [0.1, 0.15) is 19.8 Å². The molecule has 102 valence electrons. The summed E-state index contributed by atoms with van der Waals surface area (Å²) in [5.74, 6) is 0.539. The molecule has 0 aromatic carbocycles. The summed E-state index contributed by atoms with van der Waals surface area (Å²) in [6.07, 6.45) is 1.75. The van der Waals surface area contributed by atoms with E-state index in [0.29, 0.717) is 27.7 Å². The normalized spacial score (nSPS) is 26.4. The Morgan fingerprint density at radius 2 is 2.33 bits per heavy atom. The van der Waals surface area contributed by atoms with Crippen LogP contribution in [0.15, 0.2) is 20.1 Å². The van der Waals surface area contributed by atoms with Gasteiger partial charge in [-0.3, -0.25) is 0 Å². The first-order valence-corrected chi connectivity index (χ1v) is 9.03. The summed E-state index contributed by atoms with van der Waals surface area (Å²) in [6, 6.07) is 1.69. The largest absolute Gasteiger partial charge is 0.329 e. The van der Waals surface area contributed by atoms with Gasteiger partial charge in [0.25, 0.3) is 10.0 Å². The number of halogens is 1. The van der Waals surface area contributed by atoms with Crippen LogP contribution in [0.2, 0.25) is 0 Å². The number of nitrogens with two attached hydrogens (primary N) is 1. The molecule has 2 rings (SSSR count). The SMILES string of the molecule is CC1CCN(S(=O)(=O)c2sccc2Br)C(CN)C1. The fourth-order valence-electron chi connectivity index (χ4n) is 2.33. The van der Waals surface area contributed by atoms with Gasteiger partial charge in [0.2, 0.25) is 0 Å². The zero-order valence-electron chi connectivity index (χ0n) is 10.2. The van der Waals surface area contributed by atoms with Crippen LogP contribution in [0.25, 0.3) is 0 Å². The predicted octanol–water partition coefficient (Wildman–Crippen LogP) is 2.26. The summed E-state index contributed by atoms with van der Waals surface area (Å²) in [6.45, 7) is 3.09. The number of hydrogen-bond acceptors (Lipinski definition) is 4. The second-order valence-corrected chi connectivity index (χ2v) is 8.55. The predicted molar refractivity (Wildman–Crippen MR) is 77.2 cm³/mol. The van der Waals surface area contributed by atoms with Crippen LogP contribution in [-0.4, -0.2) is 31.9 Å². The fraction of sp³-hybridized carbons (Fsp3) is 0.636. The third kappa shape index (κ3) is 2.65. The van der Waals surface area contributed by atoms with Crippen LogP contribution < -0.4 is 5.73 Å². The molecule has 0 amide bonds. The number of nitrogens with zero attached hydrogens (tertiary/aromatic N) is 1. The molecule has 1 aliphatic rings. The van der Waals surface area contributed by atoms with E-state index in [4.69, 9.17) is 5.73 Å². The lowest BCUT2D eigenvalue weighted by molar-refractivity contribution is 0.211. The first-order valence-electron chi connectivity index (χ1n) is 5.91. The zero-order chi connectivity index (χ0) is 13.3. The van der Waals surface area contributed by atoms with Gasteiger partial charge in [0.1, 0.15) is 4.21 Å². The van der Waals surface area contributed by atoms with Crippen molar-refractivity contribution in [3.8, 4) is 0 Å². The van der Waals surface area contributed by atoms with Gasteiger partial charge in [-0.1, -0.05) is 6.92 Å². The Bertz CT molecular complexity index is 515. The van der Waals surface area contributed by atoms with Crippen LogP contribution in [0.4, 0.5) is 0 Å². The summed E-state index contributed by atoms with van der Waals surface area (Å²) in [5.41, 5.74) is 5.73. The third-order valence-electron chi connectivity index (χ3n) is 3.32. The average molecular weight is 353 g/mol. The molecular weight excluding hydrogens is 336 g/mol. The molecular formula is C11H17BrN2O2S2. The lowest BCUT2D eigenvalue weighted by Gasteiger charge is -2.36. The molecule has 2 unspecified atom stereocenters. The Kier molecular flexibility index (Phi) is 4.48. The molecule has 2 N–H and O–H groups in total. The molecule has 1 aromatic heterocycles. The molecule has 0 radical (unpaired) electrons. The maximum absolute atomic E-state index is 12.6. The molecule has 0 bridgehead atoms. The highest BCUT2D eigenvalue weighted by atomic mass is 79.9. The number of rotatable bonds is 3. The average Bonchev–Trinajstić information content (AvgIpc) is 2.75. The smallest absolute Gasteiger partial charge is 0.253 e. The van der Waals surface area contributed by atoms with Crippen molar-refractivity contribution >= 4 is 37.3 Å². The van der Waals surface area contributed by atoms with E-state index in [1.165, 1.54) is 11.3 Å². The minimum absolute atomic E-state index is 0.0762. The Hall–Kier alpha value is 0.0500. The summed E-state index contributed by atoms with van der Waals surface area (Å²) in [7, 11) is -3.41. The van der Waals surface area contributed by atoms with Gasteiger partial charge in [-0.25, -0.2) is 8.42 Å².